The molecule has 1 heterocycles. The molecule has 5 heteroatoms. The van der Waals surface area contributed by atoms with Gasteiger partial charge >= 0.3 is 0 Å². The number of sulfone groups is 1. The van der Waals surface area contributed by atoms with Gasteiger partial charge in [0.05, 0.1) is 17.4 Å². The van der Waals surface area contributed by atoms with Crippen LogP contribution in [0.2, 0.25) is 0 Å². The first-order valence-corrected chi connectivity index (χ1v) is 10.1. The Balaban J connectivity index is 2.00. The topological polar surface area (TPSA) is 64.3 Å². The van der Waals surface area contributed by atoms with E-state index in [1.807, 2.05) is 6.92 Å². The minimum absolute atomic E-state index is 0.152. The molecule has 1 aliphatic rings. The number of benzene rings is 1. The fraction of sp³-hybridized carbons (Fsp3) is 0.350. The number of rotatable bonds is 5. The van der Waals surface area contributed by atoms with Crippen molar-refractivity contribution in [2.24, 2.45) is 0 Å². The SMILES string of the molecule is Cc1ccc(S(=O)(=O)C(C(=O)C=C2CCCCC2)c2ccoc2)cc1. The van der Waals surface area contributed by atoms with Gasteiger partial charge in [0.2, 0.25) is 0 Å². The lowest BCUT2D eigenvalue weighted by molar-refractivity contribution is -0.114. The van der Waals surface area contributed by atoms with Crippen molar-refractivity contribution in [2.45, 2.75) is 49.2 Å². The molecular formula is C20H22O4S. The first-order chi connectivity index (χ1) is 12.0. The fourth-order valence-corrected chi connectivity index (χ4v) is 4.87. The molecule has 0 aliphatic heterocycles. The number of hydrogen-bond acceptors (Lipinski definition) is 4. The first-order valence-electron chi connectivity index (χ1n) is 8.54. The first kappa shape index (κ1) is 17.7. The molecule has 2 aromatic rings. The molecule has 0 spiro atoms. The van der Waals surface area contributed by atoms with Gasteiger partial charge in [0.25, 0.3) is 0 Å². The van der Waals surface area contributed by atoms with Crippen molar-refractivity contribution in [1.82, 2.24) is 0 Å². The molecule has 1 atom stereocenters. The molecule has 4 nitrogen and oxygen atoms in total. The second-order valence-electron chi connectivity index (χ2n) is 6.56. The summed E-state index contributed by atoms with van der Waals surface area (Å²) < 4.78 is 31.3. The summed E-state index contributed by atoms with van der Waals surface area (Å²) in [7, 11) is -3.84. The third-order valence-corrected chi connectivity index (χ3v) is 6.66. The highest BCUT2D eigenvalue weighted by atomic mass is 32.2. The highest BCUT2D eigenvalue weighted by Crippen LogP contribution is 2.32. The van der Waals surface area contributed by atoms with Crippen LogP contribution >= 0.6 is 0 Å². The van der Waals surface area contributed by atoms with Crippen molar-refractivity contribution in [2.75, 3.05) is 0 Å². The molecule has 1 aromatic carbocycles. The predicted octanol–water partition coefficient (Wildman–Crippen LogP) is 4.56. The van der Waals surface area contributed by atoms with Gasteiger partial charge in [0, 0.05) is 5.56 Å². The maximum absolute atomic E-state index is 13.1. The molecule has 1 fully saturated rings. The van der Waals surface area contributed by atoms with E-state index in [0.717, 1.165) is 36.8 Å². The smallest absolute Gasteiger partial charge is 0.192 e. The van der Waals surface area contributed by atoms with Crippen LogP contribution in [0.4, 0.5) is 0 Å². The van der Waals surface area contributed by atoms with E-state index >= 15 is 0 Å². The van der Waals surface area contributed by atoms with Crippen LogP contribution in [0.5, 0.6) is 0 Å². The van der Waals surface area contributed by atoms with Gasteiger partial charge < -0.3 is 4.42 Å². The summed E-state index contributed by atoms with van der Waals surface area (Å²) in [6.45, 7) is 1.89. The number of hydrogen-bond donors (Lipinski definition) is 0. The number of aryl methyl sites for hydroxylation is 1. The normalized spacial score (nSPS) is 16.4. The number of carbonyl (C=O) groups excluding carboxylic acids is 1. The molecule has 0 N–H and O–H groups in total. The second-order valence-corrected chi connectivity index (χ2v) is 8.59. The molecule has 0 bridgehead atoms. The lowest BCUT2D eigenvalue weighted by Gasteiger charge is -2.17. The van der Waals surface area contributed by atoms with E-state index in [-0.39, 0.29) is 10.7 Å². The molecule has 0 saturated heterocycles. The van der Waals surface area contributed by atoms with Crippen LogP contribution in [0.3, 0.4) is 0 Å². The van der Waals surface area contributed by atoms with Crippen molar-refractivity contribution in [3.05, 3.63) is 65.6 Å². The van der Waals surface area contributed by atoms with E-state index in [4.69, 9.17) is 4.42 Å². The standard InChI is InChI=1S/C20H22O4S/c1-15-7-9-18(10-8-15)25(22,23)20(17-11-12-24-14-17)19(21)13-16-5-3-2-4-6-16/h7-14,20H,2-6H2,1H3. The monoisotopic (exact) mass is 358 g/mol. The predicted molar refractivity (Wildman–Crippen MR) is 96.0 cm³/mol. The fourth-order valence-electron chi connectivity index (χ4n) is 3.21. The Hall–Kier alpha value is -2.14. The summed E-state index contributed by atoms with van der Waals surface area (Å²) in [6, 6.07) is 8.14. The molecule has 3 rings (SSSR count). The number of ketones is 1. The van der Waals surface area contributed by atoms with Crippen LogP contribution in [0.25, 0.3) is 0 Å². The van der Waals surface area contributed by atoms with E-state index in [9.17, 15) is 13.2 Å². The van der Waals surface area contributed by atoms with Gasteiger partial charge in [-0.1, -0.05) is 29.7 Å². The molecule has 1 aliphatic carbocycles. The van der Waals surface area contributed by atoms with Crippen molar-refractivity contribution in [1.29, 1.82) is 0 Å². The van der Waals surface area contributed by atoms with Crippen LogP contribution in [0.15, 0.2) is 63.8 Å². The summed E-state index contributed by atoms with van der Waals surface area (Å²) in [6.07, 6.45) is 9.30. The molecular weight excluding hydrogens is 336 g/mol. The van der Waals surface area contributed by atoms with Crippen LogP contribution in [-0.4, -0.2) is 14.2 Å². The van der Waals surface area contributed by atoms with E-state index in [1.54, 1.807) is 36.4 Å². The maximum Gasteiger partial charge on any atom is 0.192 e. The Morgan fingerprint density at radius 1 is 1.08 bits per heavy atom. The van der Waals surface area contributed by atoms with Crippen LogP contribution < -0.4 is 0 Å². The minimum Gasteiger partial charge on any atom is -0.472 e. The quantitative estimate of drug-likeness (QED) is 0.735. The van der Waals surface area contributed by atoms with Gasteiger partial charge in [0.15, 0.2) is 20.9 Å². The summed E-state index contributed by atoms with van der Waals surface area (Å²) >= 11 is 0. The number of furan rings is 1. The van der Waals surface area contributed by atoms with Crippen LogP contribution in [-0.2, 0) is 14.6 Å². The molecule has 1 unspecified atom stereocenters. The summed E-state index contributed by atoms with van der Waals surface area (Å²) in [5.41, 5.74) is 2.39. The Morgan fingerprint density at radius 3 is 2.36 bits per heavy atom. The number of allylic oxidation sites excluding steroid dienone is 2. The van der Waals surface area contributed by atoms with E-state index in [2.05, 4.69) is 0 Å². The average Bonchev–Trinajstić information content (AvgIpc) is 3.10. The number of carbonyl (C=O) groups is 1. The van der Waals surface area contributed by atoms with Gasteiger partial charge in [-0.3, -0.25) is 4.79 Å². The molecule has 1 saturated carbocycles. The Morgan fingerprint density at radius 2 is 1.76 bits per heavy atom. The molecule has 1 aromatic heterocycles. The Labute approximate surface area is 148 Å². The minimum atomic E-state index is -3.84. The van der Waals surface area contributed by atoms with E-state index in [0.29, 0.717) is 5.56 Å². The van der Waals surface area contributed by atoms with Gasteiger partial charge in [-0.15, -0.1) is 0 Å². The third-order valence-electron chi connectivity index (χ3n) is 4.61. The van der Waals surface area contributed by atoms with Gasteiger partial charge in [-0.05, 0) is 56.9 Å². The molecule has 25 heavy (non-hydrogen) atoms. The lowest BCUT2D eigenvalue weighted by atomic mass is 9.93. The average molecular weight is 358 g/mol. The largest absolute Gasteiger partial charge is 0.472 e. The van der Waals surface area contributed by atoms with Crippen molar-refractivity contribution in [3.8, 4) is 0 Å². The summed E-state index contributed by atoms with van der Waals surface area (Å²) in [5.74, 6) is -0.390. The maximum atomic E-state index is 13.1. The Kier molecular flexibility index (Phi) is 5.23. The van der Waals surface area contributed by atoms with Gasteiger partial charge in [0.1, 0.15) is 0 Å². The van der Waals surface area contributed by atoms with Gasteiger partial charge in [-0.2, -0.15) is 0 Å². The third kappa shape index (κ3) is 3.93. The highest BCUT2D eigenvalue weighted by Gasteiger charge is 2.35. The van der Waals surface area contributed by atoms with E-state index in [1.165, 1.54) is 18.9 Å². The summed E-state index contributed by atoms with van der Waals surface area (Å²) in [5, 5.41) is -1.26. The summed E-state index contributed by atoms with van der Waals surface area (Å²) in [4.78, 5) is 13.1. The molecule has 132 valence electrons. The van der Waals surface area contributed by atoms with Crippen molar-refractivity contribution < 1.29 is 17.6 Å². The van der Waals surface area contributed by atoms with Crippen LogP contribution in [0.1, 0.15) is 48.5 Å². The molecule has 0 amide bonds. The molecule has 0 radical (unpaired) electrons. The highest BCUT2D eigenvalue weighted by molar-refractivity contribution is 7.92. The van der Waals surface area contributed by atoms with Crippen molar-refractivity contribution >= 4 is 15.6 Å². The Bertz CT molecular complexity index is 851. The van der Waals surface area contributed by atoms with Crippen LogP contribution in [0, 0.1) is 6.92 Å². The van der Waals surface area contributed by atoms with Gasteiger partial charge in [-0.25, -0.2) is 8.42 Å². The zero-order valence-corrected chi connectivity index (χ0v) is 15.1. The van der Waals surface area contributed by atoms with Crippen molar-refractivity contribution in [3.63, 3.8) is 0 Å². The zero-order valence-electron chi connectivity index (χ0n) is 14.3. The second kappa shape index (κ2) is 7.40. The lowest BCUT2D eigenvalue weighted by Crippen LogP contribution is -2.21. The van der Waals surface area contributed by atoms with E-state index < -0.39 is 15.1 Å². The zero-order chi connectivity index (χ0) is 17.9.